The highest BCUT2D eigenvalue weighted by molar-refractivity contribution is 7.91. The van der Waals surface area contributed by atoms with Crippen molar-refractivity contribution in [3.63, 3.8) is 0 Å². The van der Waals surface area contributed by atoms with Gasteiger partial charge >= 0.3 is 0 Å². The fraction of sp³-hybridized carbons (Fsp3) is 0.800. The first-order chi connectivity index (χ1) is 8.09. The molecular weight excluding hydrogens is 242 g/mol. The fourth-order valence-corrected chi connectivity index (χ4v) is 3.86. The summed E-state index contributed by atoms with van der Waals surface area (Å²) in [5.41, 5.74) is 0. The molecule has 0 amide bonds. The monoisotopic (exact) mass is 259 g/mol. The summed E-state index contributed by atoms with van der Waals surface area (Å²) in [6.07, 6.45) is 2.01. The molecule has 1 atom stereocenters. The molecule has 96 valence electrons. The van der Waals surface area contributed by atoms with Crippen LogP contribution in [-0.2, 0) is 22.7 Å². The zero-order valence-corrected chi connectivity index (χ0v) is 10.7. The van der Waals surface area contributed by atoms with Crippen molar-refractivity contribution < 1.29 is 12.9 Å². The van der Waals surface area contributed by atoms with Crippen molar-refractivity contribution in [3.8, 4) is 0 Å². The van der Waals surface area contributed by atoms with E-state index in [4.69, 9.17) is 4.52 Å². The van der Waals surface area contributed by atoms with Gasteiger partial charge in [0.15, 0.2) is 15.7 Å². The van der Waals surface area contributed by atoms with E-state index in [0.717, 1.165) is 6.54 Å². The zero-order chi connectivity index (χ0) is 12.3. The lowest BCUT2D eigenvalue weighted by atomic mass is 10.1. The summed E-state index contributed by atoms with van der Waals surface area (Å²) in [5, 5.41) is 6.87. The number of nitrogens with one attached hydrogen (secondary N) is 1. The smallest absolute Gasteiger partial charge is 0.227 e. The Kier molecular flexibility index (Phi) is 3.78. The van der Waals surface area contributed by atoms with E-state index in [0.29, 0.717) is 36.7 Å². The molecule has 1 unspecified atom stereocenters. The third-order valence-corrected chi connectivity index (χ3v) is 4.73. The third kappa shape index (κ3) is 3.50. The number of nitrogens with zero attached hydrogens (tertiary/aromatic N) is 2. The molecule has 0 aromatic carbocycles. The van der Waals surface area contributed by atoms with E-state index >= 15 is 0 Å². The van der Waals surface area contributed by atoms with E-state index in [9.17, 15) is 8.42 Å². The molecule has 0 bridgehead atoms. The lowest BCUT2D eigenvalue weighted by molar-refractivity contribution is 0.369. The molecule has 6 nitrogen and oxygen atoms in total. The molecule has 1 fully saturated rings. The summed E-state index contributed by atoms with van der Waals surface area (Å²) < 4.78 is 27.7. The highest BCUT2D eigenvalue weighted by Crippen LogP contribution is 2.21. The number of aromatic nitrogens is 2. The minimum atomic E-state index is -2.82. The Balaban J connectivity index is 1.89. The number of rotatable bonds is 5. The molecule has 17 heavy (non-hydrogen) atoms. The van der Waals surface area contributed by atoms with Crippen LogP contribution in [-0.4, -0.2) is 43.7 Å². The van der Waals surface area contributed by atoms with Crippen LogP contribution in [0.2, 0.25) is 0 Å². The number of hydrogen-bond donors (Lipinski definition) is 1. The van der Waals surface area contributed by atoms with Crippen LogP contribution in [0.4, 0.5) is 0 Å². The van der Waals surface area contributed by atoms with Crippen LogP contribution >= 0.6 is 0 Å². The Labute approximate surface area is 101 Å². The van der Waals surface area contributed by atoms with Crippen molar-refractivity contribution >= 4 is 9.84 Å². The van der Waals surface area contributed by atoms with E-state index in [-0.39, 0.29) is 11.7 Å². The summed E-state index contributed by atoms with van der Waals surface area (Å²) in [6, 6.07) is 0. The van der Waals surface area contributed by atoms with Gasteiger partial charge < -0.3 is 9.84 Å². The van der Waals surface area contributed by atoms with Gasteiger partial charge in [-0.05, 0) is 19.4 Å². The van der Waals surface area contributed by atoms with Crippen molar-refractivity contribution in [2.24, 2.45) is 5.92 Å². The van der Waals surface area contributed by atoms with E-state index in [2.05, 4.69) is 15.5 Å². The highest BCUT2D eigenvalue weighted by atomic mass is 32.2. The maximum atomic E-state index is 11.3. The predicted molar refractivity (Wildman–Crippen MR) is 62.4 cm³/mol. The van der Waals surface area contributed by atoms with Gasteiger partial charge in [0.1, 0.15) is 0 Å². The van der Waals surface area contributed by atoms with E-state index in [1.807, 2.05) is 7.05 Å². The van der Waals surface area contributed by atoms with Gasteiger partial charge in [0.2, 0.25) is 5.89 Å². The maximum Gasteiger partial charge on any atom is 0.227 e. The Hall–Kier alpha value is -0.950. The molecule has 2 rings (SSSR count). The number of hydrogen-bond acceptors (Lipinski definition) is 6. The lowest BCUT2D eigenvalue weighted by Gasteiger charge is -2.01. The molecule has 0 saturated carbocycles. The molecule has 1 aliphatic rings. The minimum absolute atomic E-state index is 0.148. The molecule has 0 aliphatic carbocycles. The first kappa shape index (κ1) is 12.5. The van der Waals surface area contributed by atoms with Crippen LogP contribution in [0.3, 0.4) is 0 Å². The Morgan fingerprint density at radius 1 is 1.53 bits per heavy atom. The second-order valence-corrected chi connectivity index (χ2v) is 6.66. The zero-order valence-electron chi connectivity index (χ0n) is 9.85. The van der Waals surface area contributed by atoms with Crippen LogP contribution in [0.15, 0.2) is 4.52 Å². The first-order valence-electron chi connectivity index (χ1n) is 5.75. The van der Waals surface area contributed by atoms with Gasteiger partial charge in [0, 0.05) is 19.4 Å². The van der Waals surface area contributed by atoms with Crippen LogP contribution in [0.1, 0.15) is 18.1 Å². The summed E-state index contributed by atoms with van der Waals surface area (Å²) in [4.78, 5) is 4.25. The van der Waals surface area contributed by atoms with Gasteiger partial charge in [0.05, 0.1) is 11.5 Å². The first-order valence-corrected chi connectivity index (χ1v) is 7.57. The quantitative estimate of drug-likeness (QED) is 0.789. The van der Waals surface area contributed by atoms with Crippen molar-refractivity contribution in [2.75, 3.05) is 25.1 Å². The average Bonchev–Trinajstić information content (AvgIpc) is 2.83. The van der Waals surface area contributed by atoms with E-state index in [1.54, 1.807) is 0 Å². The standard InChI is InChI=1S/C10H17N3O3S/c1-11-4-2-10-12-9(13-16-10)6-8-3-5-17(14,15)7-8/h8,11H,2-7H2,1H3. The number of likely N-dealkylation sites (N-methyl/N-ethyl adjacent to an activating group) is 1. The second-order valence-electron chi connectivity index (χ2n) is 4.43. The van der Waals surface area contributed by atoms with Crippen molar-refractivity contribution in [1.82, 2.24) is 15.5 Å². The molecule has 1 saturated heterocycles. The normalized spacial score (nSPS) is 23.0. The number of sulfone groups is 1. The molecule has 1 aromatic heterocycles. The highest BCUT2D eigenvalue weighted by Gasteiger charge is 2.29. The lowest BCUT2D eigenvalue weighted by Crippen LogP contribution is -2.11. The van der Waals surface area contributed by atoms with Gasteiger partial charge in [0.25, 0.3) is 0 Å². The summed E-state index contributed by atoms with van der Waals surface area (Å²) >= 11 is 0. The topological polar surface area (TPSA) is 85.1 Å². The Bertz CT molecular complexity index is 469. The van der Waals surface area contributed by atoms with Crippen LogP contribution < -0.4 is 5.32 Å². The Morgan fingerprint density at radius 2 is 2.35 bits per heavy atom. The van der Waals surface area contributed by atoms with E-state index < -0.39 is 9.84 Å². The average molecular weight is 259 g/mol. The SMILES string of the molecule is CNCCc1nc(CC2CCS(=O)(=O)C2)no1. The third-order valence-electron chi connectivity index (χ3n) is 2.90. The molecule has 2 heterocycles. The van der Waals surface area contributed by atoms with Gasteiger partial charge in [-0.25, -0.2) is 8.42 Å². The largest absolute Gasteiger partial charge is 0.339 e. The molecule has 0 spiro atoms. The van der Waals surface area contributed by atoms with Gasteiger partial charge in [-0.15, -0.1) is 0 Å². The molecule has 1 N–H and O–H groups in total. The molecule has 7 heteroatoms. The van der Waals surface area contributed by atoms with Crippen LogP contribution in [0.25, 0.3) is 0 Å². The molecule has 1 aromatic rings. The molecular formula is C10H17N3O3S. The van der Waals surface area contributed by atoms with E-state index in [1.165, 1.54) is 0 Å². The van der Waals surface area contributed by atoms with Crippen LogP contribution in [0, 0.1) is 5.92 Å². The van der Waals surface area contributed by atoms with Crippen molar-refractivity contribution in [2.45, 2.75) is 19.3 Å². The van der Waals surface area contributed by atoms with Crippen molar-refractivity contribution in [3.05, 3.63) is 11.7 Å². The predicted octanol–water partition coefficient (Wildman–Crippen LogP) is -0.191. The summed E-state index contributed by atoms with van der Waals surface area (Å²) in [6.45, 7) is 0.791. The summed E-state index contributed by atoms with van der Waals surface area (Å²) in [7, 11) is -0.957. The van der Waals surface area contributed by atoms with Gasteiger partial charge in [-0.3, -0.25) is 0 Å². The van der Waals surface area contributed by atoms with Gasteiger partial charge in [-0.2, -0.15) is 4.98 Å². The molecule has 0 radical (unpaired) electrons. The summed E-state index contributed by atoms with van der Waals surface area (Å²) in [5.74, 6) is 1.93. The fourth-order valence-electron chi connectivity index (χ4n) is 2.00. The van der Waals surface area contributed by atoms with Crippen LogP contribution in [0.5, 0.6) is 0 Å². The minimum Gasteiger partial charge on any atom is -0.339 e. The Morgan fingerprint density at radius 3 is 3.00 bits per heavy atom. The van der Waals surface area contributed by atoms with Gasteiger partial charge in [-0.1, -0.05) is 5.16 Å². The molecule has 1 aliphatic heterocycles. The maximum absolute atomic E-state index is 11.3. The second kappa shape index (κ2) is 5.14. The van der Waals surface area contributed by atoms with Crippen molar-refractivity contribution in [1.29, 1.82) is 0 Å².